The van der Waals surface area contributed by atoms with E-state index in [0.29, 0.717) is 17.4 Å². The van der Waals surface area contributed by atoms with Crippen LogP contribution in [0, 0.1) is 17.2 Å². The van der Waals surface area contributed by atoms with E-state index in [0.717, 1.165) is 33.7 Å². The van der Waals surface area contributed by atoms with Gasteiger partial charge in [0.2, 0.25) is 11.8 Å². The van der Waals surface area contributed by atoms with Crippen molar-refractivity contribution in [3.63, 3.8) is 0 Å². The Kier molecular flexibility index (Phi) is 5.56. The van der Waals surface area contributed by atoms with Crippen molar-refractivity contribution in [3.8, 4) is 23.2 Å². The molecule has 2 aromatic carbocycles. The summed E-state index contributed by atoms with van der Waals surface area (Å²) in [5, 5.41) is 17.3. The van der Waals surface area contributed by atoms with E-state index in [1.807, 2.05) is 18.4 Å². The third-order valence-electron chi connectivity index (χ3n) is 5.27. The lowest BCUT2D eigenvalue weighted by Gasteiger charge is -2.24. The summed E-state index contributed by atoms with van der Waals surface area (Å²) in [6, 6.07) is 18.9. The molecular formula is C24H24N4OS. The topological polar surface area (TPSA) is 87.7 Å². The molecular weight excluding hydrogens is 392 g/mol. The average molecular weight is 417 g/mol. The minimum Gasteiger partial charge on any atom is -0.420 e. The molecule has 1 aliphatic rings. The smallest absolute Gasteiger partial charge is 0.244 e. The molecule has 3 N–H and O–H groups in total. The van der Waals surface area contributed by atoms with Crippen LogP contribution in [0.4, 0.5) is 0 Å². The van der Waals surface area contributed by atoms with Gasteiger partial charge in [0.15, 0.2) is 0 Å². The second kappa shape index (κ2) is 8.29. The fourth-order valence-electron chi connectivity index (χ4n) is 3.87. The van der Waals surface area contributed by atoms with Gasteiger partial charge in [-0.15, -0.1) is 16.9 Å². The molecule has 6 heteroatoms. The summed E-state index contributed by atoms with van der Waals surface area (Å²) in [5.74, 6) is 0.795. The van der Waals surface area contributed by atoms with Crippen LogP contribution in [0.2, 0.25) is 0 Å². The number of rotatable bonds is 5. The quantitative estimate of drug-likeness (QED) is 0.557. The molecule has 30 heavy (non-hydrogen) atoms. The first-order chi connectivity index (χ1) is 14.5. The van der Waals surface area contributed by atoms with Gasteiger partial charge in [-0.2, -0.15) is 5.26 Å². The number of fused-ring (bicyclic) bond motifs is 1. The van der Waals surface area contributed by atoms with E-state index in [-0.39, 0.29) is 11.8 Å². The SMILES string of the molecule is CSc1ccc([C@H]2C(C#N)=C(N)Oc3n[nH]c(-c4ccc(CC(C)C)cc4)c32)cc1. The van der Waals surface area contributed by atoms with Crippen LogP contribution in [0.1, 0.15) is 36.5 Å². The van der Waals surface area contributed by atoms with Crippen molar-refractivity contribution in [2.45, 2.75) is 31.1 Å². The van der Waals surface area contributed by atoms with Crippen LogP contribution in [0.15, 0.2) is 64.9 Å². The van der Waals surface area contributed by atoms with Crippen molar-refractivity contribution in [1.29, 1.82) is 5.26 Å². The summed E-state index contributed by atoms with van der Waals surface area (Å²) in [6.07, 6.45) is 3.07. The van der Waals surface area contributed by atoms with Gasteiger partial charge >= 0.3 is 0 Å². The maximum Gasteiger partial charge on any atom is 0.244 e. The number of nitrogens with one attached hydrogen (secondary N) is 1. The highest BCUT2D eigenvalue weighted by Gasteiger charge is 2.35. The van der Waals surface area contributed by atoms with Gasteiger partial charge in [-0.1, -0.05) is 50.2 Å². The summed E-state index contributed by atoms with van der Waals surface area (Å²) in [4.78, 5) is 1.16. The fourth-order valence-corrected chi connectivity index (χ4v) is 4.28. The predicted molar refractivity (Wildman–Crippen MR) is 120 cm³/mol. The lowest BCUT2D eigenvalue weighted by molar-refractivity contribution is 0.379. The number of hydrogen-bond donors (Lipinski definition) is 2. The summed E-state index contributed by atoms with van der Waals surface area (Å²) >= 11 is 1.68. The second-order valence-electron chi connectivity index (χ2n) is 7.81. The molecule has 0 aliphatic carbocycles. The van der Waals surface area contributed by atoms with Gasteiger partial charge in [-0.3, -0.25) is 5.10 Å². The third-order valence-corrected chi connectivity index (χ3v) is 6.02. The Morgan fingerprint density at radius 3 is 2.47 bits per heavy atom. The van der Waals surface area contributed by atoms with Gasteiger partial charge in [-0.05, 0) is 41.9 Å². The Hall–Kier alpha value is -3.17. The zero-order valence-electron chi connectivity index (χ0n) is 17.3. The highest BCUT2D eigenvalue weighted by Crippen LogP contribution is 2.45. The van der Waals surface area contributed by atoms with Crippen LogP contribution >= 0.6 is 11.8 Å². The van der Waals surface area contributed by atoms with Crippen LogP contribution in [0.25, 0.3) is 11.3 Å². The minimum atomic E-state index is -0.334. The molecule has 0 amide bonds. The number of aromatic amines is 1. The molecule has 1 aromatic heterocycles. The number of aromatic nitrogens is 2. The van der Waals surface area contributed by atoms with E-state index in [2.05, 4.69) is 66.5 Å². The van der Waals surface area contributed by atoms with Crippen LogP contribution in [0.5, 0.6) is 5.88 Å². The lowest BCUT2D eigenvalue weighted by atomic mass is 9.83. The van der Waals surface area contributed by atoms with E-state index >= 15 is 0 Å². The number of allylic oxidation sites excluding steroid dienone is 1. The molecule has 5 nitrogen and oxygen atoms in total. The Morgan fingerprint density at radius 1 is 1.17 bits per heavy atom. The number of nitrogens with zero attached hydrogens (tertiary/aromatic N) is 2. The van der Waals surface area contributed by atoms with E-state index in [4.69, 9.17) is 10.5 Å². The molecule has 3 aromatic rings. The van der Waals surface area contributed by atoms with Crippen molar-refractivity contribution < 1.29 is 4.74 Å². The maximum atomic E-state index is 9.84. The Labute approximate surface area is 181 Å². The van der Waals surface area contributed by atoms with Crippen LogP contribution in [-0.4, -0.2) is 16.5 Å². The van der Waals surface area contributed by atoms with Gasteiger partial charge in [0.05, 0.1) is 17.2 Å². The van der Waals surface area contributed by atoms with Gasteiger partial charge < -0.3 is 10.5 Å². The van der Waals surface area contributed by atoms with Gasteiger partial charge in [0, 0.05) is 10.5 Å². The second-order valence-corrected chi connectivity index (χ2v) is 8.69. The van der Waals surface area contributed by atoms with Crippen molar-refractivity contribution in [3.05, 3.63) is 76.7 Å². The first-order valence-corrected chi connectivity index (χ1v) is 11.1. The number of ether oxygens (including phenoxy) is 1. The maximum absolute atomic E-state index is 9.84. The average Bonchev–Trinajstić information content (AvgIpc) is 3.16. The van der Waals surface area contributed by atoms with Gasteiger partial charge in [-0.25, -0.2) is 0 Å². The number of nitrogens with two attached hydrogens (primary N) is 1. The third kappa shape index (κ3) is 3.69. The number of thioether (sulfide) groups is 1. The molecule has 0 saturated heterocycles. The zero-order valence-corrected chi connectivity index (χ0v) is 18.1. The van der Waals surface area contributed by atoms with E-state index in [1.54, 1.807) is 11.8 Å². The molecule has 1 atom stereocenters. The molecule has 0 saturated carbocycles. The normalized spacial score (nSPS) is 15.6. The number of H-pyrrole nitrogens is 1. The van der Waals surface area contributed by atoms with Gasteiger partial charge in [0.25, 0.3) is 0 Å². The summed E-state index contributed by atoms with van der Waals surface area (Å²) in [7, 11) is 0. The predicted octanol–water partition coefficient (Wildman–Crippen LogP) is 5.22. The number of hydrogen-bond acceptors (Lipinski definition) is 5. The standard InChI is InChI=1S/C24H24N4OS/c1-14(2)12-15-4-6-17(7-5-15)22-21-20(16-8-10-18(30-3)11-9-16)19(13-25)23(26)29-24(21)28-27-22/h4-11,14,20H,12,26H2,1-3H3,(H,27,28)/t20-/m0/s1. The molecule has 152 valence electrons. The molecule has 4 rings (SSSR count). The molecule has 0 fully saturated rings. The molecule has 0 bridgehead atoms. The molecule has 0 unspecified atom stereocenters. The first kappa shape index (κ1) is 20.1. The Bertz CT molecular complexity index is 1120. The van der Waals surface area contributed by atoms with Gasteiger partial charge in [0.1, 0.15) is 11.6 Å². The Balaban J connectivity index is 1.81. The van der Waals surface area contributed by atoms with Crippen LogP contribution < -0.4 is 10.5 Å². The van der Waals surface area contributed by atoms with Crippen molar-refractivity contribution >= 4 is 11.8 Å². The van der Waals surface area contributed by atoms with E-state index < -0.39 is 0 Å². The van der Waals surface area contributed by atoms with Crippen LogP contribution in [0.3, 0.4) is 0 Å². The Morgan fingerprint density at radius 2 is 1.87 bits per heavy atom. The van der Waals surface area contributed by atoms with Crippen molar-refractivity contribution in [2.24, 2.45) is 11.7 Å². The zero-order chi connectivity index (χ0) is 21.3. The fraction of sp³-hybridized carbons (Fsp3) is 0.250. The van der Waals surface area contributed by atoms with E-state index in [1.165, 1.54) is 5.56 Å². The largest absolute Gasteiger partial charge is 0.420 e. The monoisotopic (exact) mass is 416 g/mol. The first-order valence-electron chi connectivity index (χ1n) is 9.91. The molecule has 1 aliphatic heterocycles. The summed E-state index contributed by atoms with van der Waals surface area (Å²) in [5.41, 5.74) is 11.5. The van der Waals surface area contributed by atoms with E-state index in [9.17, 15) is 5.26 Å². The van der Waals surface area contributed by atoms with Crippen molar-refractivity contribution in [1.82, 2.24) is 10.2 Å². The highest BCUT2D eigenvalue weighted by atomic mass is 32.2. The van der Waals surface area contributed by atoms with Crippen molar-refractivity contribution in [2.75, 3.05) is 6.26 Å². The molecule has 2 heterocycles. The molecule has 0 spiro atoms. The number of nitriles is 1. The molecule has 0 radical (unpaired) electrons. The highest BCUT2D eigenvalue weighted by molar-refractivity contribution is 7.98. The van der Waals surface area contributed by atoms with Crippen LogP contribution in [-0.2, 0) is 6.42 Å². The number of benzene rings is 2. The summed E-state index contributed by atoms with van der Waals surface area (Å²) < 4.78 is 5.70. The minimum absolute atomic E-state index is 0.106. The lowest BCUT2D eigenvalue weighted by Crippen LogP contribution is -2.20. The summed E-state index contributed by atoms with van der Waals surface area (Å²) in [6.45, 7) is 4.42.